The molecule has 1 N–H and O–H groups in total. The van der Waals surface area contributed by atoms with Gasteiger partial charge in [-0.1, -0.05) is 12.1 Å². The molecule has 0 radical (unpaired) electrons. The lowest BCUT2D eigenvalue weighted by atomic mass is 9.99. The molecule has 1 aromatic heterocycles. The second-order valence-corrected chi connectivity index (χ2v) is 3.88. The number of carboxylic acid groups (broad SMARTS) is 1. The van der Waals surface area contributed by atoms with Gasteiger partial charge in [-0.05, 0) is 24.1 Å². The fraction of sp³-hybridized carbons (Fsp3) is 0.250. The number of carbonyl (C=O) groups is 1. The van der Waals surface area contributed by atoms with Gasteiger partial charge in [-0.3, -0.25) is 4.79 Å². The smallest absolute Gasteiger partial charge is 0.316 e. The minimum atomic E-state index is -1.05. The molecule has 1 atom stereocenters. The molecule has 0 saturated heterocycles. The Balaban J connectivity index is 2.22. The zero-order chi connectivity index (χ0) is 13.1. The Bertz CT molecular complexity index is 551. The molecule has 2 rings (SSSR count). The molecule has 1 aromatic carbocycles. The van der Waals surface area contributed by atoms with Crippen molar-refractivity contribution in [1.29, 1.82) is 0 Å². The summed E-state index contributed by atoms with van der Waals surface area (Å²) in [6, 6.07) is 5.64. The maximum atomic E-state index is 12.8. The first kappa shape index (κ1) is 12.2. The summed E-state index contributed by atoms with van der Waals surface area (Å²) in [6.45, 7) is 1.59. The van der Waals surface area contributed by atoms with E-state index >= 15 is 0 Å². The molecule has 2 aromatic rings. The van der Waals surface area contributed by atoms with Crippen molar-refractivity contribution in [2.75, 3.05) is 0 Å². The van der Waals surface area contributed by atoms with Crippen LogP contribution in [0.5, 0.6) is 0 Å². The molecular weight excluding hydrogens is 239 g/mol. The first-order chi connectivity index (χ1) is 8.56. The van der Waals surface area contributed by atoms with Crippen LogP contribution in [0.15, 0.2) is 28.7 Å². The Labute approximate surface area is 102 Å². The van der Waals surface area contributed by atoms with Crippen LogP contribution in [-0.2, 0) is 11.2 Å². The third-order valence-electron chi connectivity index (χ3n) is 2.49. The zero-order valence-electron chi connectivity index (χ0n) is 9.63. The quantitative estimate of drug-likeness (QED) is 0.897. The van der Waals surface area contributed by atoms with E-state index in [2.05, 4.69) is 10.2 Å². The van der Waals surface area contributed by atoms with Crippen LogP contribution in [0, 0.1) is 12.7 Å². The molecule has 18 heavy (non-hydrogen) atoms. The number of halogens is 1. The lowest BCUT2D eigenvalue weighted by Crippen LogP contribution is -2.15. The maximum absolute atomic E-state index is 12.8. The van der Waals surface area contributed by atoms with Crippen LogP contribution in [0.4, 0.5) is 4.39 Å². The van der Waals surface area contributed by atoms with Crippen molar-refractivity contribution in [1.82, 2.24) is 10.2 Å². The van der Waals surface area contributed by atoms with Crippen molar-refractivity contribution in [3.8, 4) is 0 Å². The minimum Gasteiger partial charge on any atom is -0.481 e. The van der Waals surface area contributed by atoms with Crippen molar-refractivity contribution >= 4 is 5.97 Å². The van der Waals surface area contributed by atoms with Crippen LogP contribution in [0.1, 0.15) is 23.3 Å². The van der Waals surface area contributed by atoms with E-state index in [4.69, 9.17) is 9.52 Å². The number of hydrogen-bond donors (Lipinski definition) is 1. The first-order valence-corrected chi connectivity index (χ1v) is 5.33. The summed E-state index contributed by atoms with van der Waals surface area (Å²) >= 11 is 0. The molecule has 5 nitrogen and oxygen atoms in total. The monoisotopic (exact) mass is 250 g/mol. The Kier molecular flexibility index (Phi) is 3.36. The molecular formula is C12H11FN2O3. The van der Waals surface area contributed by atoms with Gasteiger partial charge in [0.05, 0.1) is 0 Å². The third kappa shape index (κ3) is 2.71. The Morgan fingerprint density at radius 2 is 2.06 bits per heavy atom. The fourth-order valence-electron chi connectivity index (χ4n) is 1.59. The summed E-state index contributed by atoms with van der Waals surface area (Å²) in [5, 5.41) is 16.5. The number of benzene rings is 1. The van der Waals surface area contributed by atoms with Crippen molar-refractivity contribution in [2.24, 2.45) is 0 Å². The number of aryl methyl sites for hydroxylation is 1. The Hall–Kier alpha value is -2.24. The summed E-state index contributed by atoms with van der Waals surface area (Å²) < 4.78 is 17.9. The topological polar surface area (TPSA) is 76.2 Å². The van der Waals surface area contributed by atoms with Crippen LogP contribution in [0.25, 0.3) is 0 Å². The number of hydrogen-bond acceptors (Lipinski definition) is 4. The van der Waals surface area contributed by atoms with E-state index in [0.717, 1.165) is 0 Å². The van der Waals surface area contributed by atoms with Crippen LogP contribution in [-0.4, -0.2) is 21.3 Å². The predicted octanol–water partition coefficient (Wildman–Crippen LogP) is 1.93. The van der Waals surface area contributed by atoms with E-state index in [1.54, 1.807) is 6.92 Å². The van der Waals surface area contributed by atoms with Crippen LogP contribution < -0.4 is 0 Å². The summed E-state index contributed by atoms with van der Waals surface area (Å²) in [7, 11) is 0. The molecule has 0 fully saturated rings. The second kappa shape index (κ2) is 4.95. The molecule has 0 saturated carbocycles. The molecule has 0 aliphatic rings. The molecule has 1 heterocycles. The highest BCUT2D eigenvalue weighted by Gasteiger charge is 2.26. The van der Waals surface area contributed by atoms with Gasteiger partial charge in [-0.15, -0.1) is 10.2 Å². The van der Waals surface area contributed by atoms with E-state index in [-0.39, 0.29) is 18.1 Å². The molecule has 0 aliphatic carbocycles. The molecule has 0 spiro atoms. The van der Waals surface area contributed by atoms with Gasteiger partial charge in [-0.25, -0.2) is 4.39 Å². The maximum Gasteiger partial charge on any atom is 0.316 e. The number of aliphatic carboxylic acids is 1. The third-order valence-corrected chi connectivity index (χ3v) is 2.49. The average molecular weight is 250 g/mol. The predicted molar refractivity (Wildman–Crippen MR) is 59.5 cm³/mol. The van der Waals surface area contributed by atoms with E-state index in [9.17, 15) is 9.18 Å². The molecule has 0 bridgehead atoms. The molecule has 1 unspecified atom stereocenters. The second-order valence-electron chi connectivity index (χ2n) is 3.88. The highest BCUT2D eigenvalue weighted by molar-refractivity contribution is 5.75. The van der Waals surface area contributed by atoms with Crippen LogP contribution >= 0.6 is 0 Å². The normalized spacial score (nSPS) is 12.3. The first-order valence-electron chi connectivity index (χ1n) is 5.33. The molecule has 94 valence electrons. The van der Waals surface area contributed by atoms with E-state index in [1.165, 1.54) is 24.3 Å². The van der Waals surface area contributed by atoms with Crippen molar-refractivity contribution < 1.29 is 18.7 Å². The number of nitrogens with zero attached hydrogens (tertiary/aromatic N) is 2. The number of carboxylic acids is 1. The van der Waals surface area contributed by atoms with E-state index in [1.807, 2.05) is 0 Å². The Morgan fingerprint density at radius 3 is 2.56 bits per heavy atom. The standard InChI is InChI=1S/C12H11FN2O3/c1-7-14-15-11(18-7)10(12(16)17)6-8-2-4-9(13)5-3-8/h2-5,10H,6H2,1H3,(H,16,17). The average Bonchev–Trinajstić information content (AvgIpc) is 2.74. The summed E-state index contributed by atoms with van der Waals surface area (Å²) in [4.78, 5) is 11.2. The molecule has 0 amide bonds. The number of rotatable bonds is 4. The van der Waals surface area contributed by atoms with E-state index < -0.39 is 11.9 Å². The van der Waals surface area contributed by atoms with Gasteiger partial charge in [0.25, 0.3) is 0 Å². The lowest BCUT2D eigenvalue weighted by molar-refractivity contribution is -0.139. The highest BCUT2D eigenvalue weighted by atomic mass is 19.1. The summed E-state index contributed by atoms with van der Waals surface area (Å²) in [5.41, 5.74) is 0.694. The van der Waals surface area contributed by atoms with Crippen molar-refractivity contribution in [3.63, 3.8) is 0 Å². The van der Waals surface area contributed by atoms with Crippen molar-refractivity contribution in [3.05, 3.63) is 47.4 Å². The largest absolute Gasteiger partial charge is 0.481 e. The van der Waals surface area contributed by atoms with Gasteiger partial charge in [0.1, 0.15) is 11.7 Å². The van der Waals surface area contributed by atoms with E-state index in [0.29, 0.717) is 11.5 Å². The SMILES string of the molecule is Cc1nnc(C(Cc2ccc(F)cc2)C(=O)O)o1. The van der Waals surface area contributed by atoms with Gasteiger partial charge < -0.3 is 9.52 Å². The fourth-order valence-corrected chi connectivity index (χ4v) is 1.59. The van der Waals surface area contributed by atoms with Gasteiger partial charge in [0.15, 0.2) is 0 Å². The van der Waals surface area contributed by atoms with Gasteiger partial charge in [0.2, 0.25) is 11.8 Å². The summed E-state index contributed by atoms with van der Waals surface area (Å²) in [6.07, 6.45) is 0.178. The highest BCUT2D eigenvalue weighted by Crippen LogP contribution is 2.20. The van der Waals surface area contributed by atoms with Crippen molar-refractivity contribution in [2.45, 2.75) is 19.3 Å². The minimum absolute atomic E-state index is 0.0596. The van der Waals surface area contributed by atoms with Crippen LogP contribution in [0.3, 0.4) is 0 Å². The Morgan fingerprint density at radius 1 is 1.39 bits per heavy atom. The number of aromatic nitrogens is 2. The zero-order valence-corrected chi connectivity index (χ0v) is 9.63. The summed E-state index contributed by atoms with van der Waals surface area (Å²) in [5.74, 6) is -1.96. The van der Waals surface area contributed by atoms with Crippen LogP contribution in [0.2, 0.25) is 0 Å². The molecule has 6 heteroatoms. The van der Waals surface area contributed by atoms with Gasteiger partial charge in [-0.2, -0.15) is 0 Å². The molecule has 0 aliphatic heterocycles. The van der Waals surface area contributed by atoms with Gasteiger partial charge >= 0.3 is 5.97 Å². The lowest BCUT2D eigenvalue weighted by Gasteiger charge is -2.07. The van der Waals surface area contributed by atoms with Gasteiger partial charge in [0, 0.05) is 6.92 Å².